The van der Waals surface area contributed by atoms with Gasteiger partial charge in [-0.3, -0.25) is 0 Å². The normalized spacial score (nSPS) is 19.6. The van der Waals surface area contributed by atoms with Crippen molar-refractivity contribution in [3.05, 3.63) is 12.7 Å². The van der Waals surface area contributed by atoms with E-state index in [0.29, 0.717) is 25.6 Å². The van der Waals surface area contributed by atoms with Gasteiger partial charge in [-0.2, -0.15) is 0 Å². The number of likely N-dealkylation sites (tertiary alicyclic amines) is 1. The first kappa shape index (κ1) is 22.3. The highest BCUT2D eigenvalue weighted by molar-refractivity contribution is 7.90. The van der Waals surface area contributed by atoms with Crippen LogP contribution in [-0.2, 0) is 16.1 Å². The predicted octanol–water partition coefficient (Wildman–Crippen LogP) is 3.97. The lowest BCUT2D eigenvalue weighted by Gasteiger charge is -2.41. The molecule has 0 N–H and O–H groups in total. The highest BCUT2D eigenvalue weighted by atomic mass is 32.2. The van der Waals surface area contributed by atoms with Gasteiger partial charge in [0.15, 0.2) is 0 Å². The lowest BCUT2D eigenvalue weighted by Crippen LogP contribution is -2.52. The Morgan fingerprint density at radius 3 is 2.24 bits per heavy atom. The third-order valence-electron chi connectivity index (χ3n) is 4.37. The maximum atomic E-state index is 12.9. The molecule has 0 bridgehead atoms. The lowest BCUT2D eigenvalue weighted by molar-refractivity contribution is 0.0159. The Morgan fingerprint density at radius 1 is 1.32 bits per heavy atom. The van der Waals surface area contributed by atoms with Gasteiger partial charge in [-0.25, -0.2) is 4.79 Å². The average molecular weight is 373 g/mol. The van der Waals surface area contributed by atoms with Gasteiger partial charge in [0.2, 0.25) is 0 Å². The zero-order valence-corrected chi connectivity index (χ0v) is 17.8. The molecule has 0 spiro atoms. The summed E-state index contributed by atoms with van der Waals surface area (Å²) < 4.78 is 20.1. The number of rotatable bonds is 5. The molecule has 0 aliphatic carbocycles. The van der Waals surface area contributed by atoms with E-state index in [0.717, 1.165) is 12.8 Å². The van der Waals surface area contributed by atoms with Crippen LogP contribution in [0.25, 0.3) is 0 Å². The van der Waals surface area contributed by atoms with Crippen molar-refractivity contribution in [2.75, 3.05) is 19.6 Å². The standard InChI is InChI=1S/C19H36N2O3S/c1-9-12-21(25(23)19(6,7)8)15(2)16-10-13-20(14-11-16)17(22)24-18(3,4)5/h9,15-16H,1,10-14H2,2-8H3/t15?,25-/m0/s1. The molecule has 0 radical (unpaired) electrons. The van der Waals surface area contributed by atoms with Crippen LogP contribution >= 0.6 is 0 Å². The molecule has 1 unspecified atom stereocenters. The molecule has 146 valence electrons. The van der Waals surface area contributed by atoms with Crippen LogP contribution in [-0.4, -0.2) is 55.9 Å². The highest BCUT2D eigenvalue weighted by Gasteiger charge is 2.39. The van der Waals surface area contributed by atoms with Gasteiger partial charge in [0.05, 0.1) is 12.6 Å². The topological polar surface area (TPSA) is 55.8 Å². The van der Waals surface area contributed by atoms with E-state index in [1.807, 2.05) is 51.9 Å². The molecule has 2 atom stereocenters. The van der Waals surface area contributed by atoms with Gasteiger partial charge in [-0.1, -0.05) is 6.08 Å². The molecule has 0 aromatic carbocycles. The lowest BCUT2D eigenvalue weighted by atomic mass is 9.90. The number of nitrogens with zero attached hydrogens (tertiary/aromatic N) is 2. The molecule has 5 nitrogen and oxygen atoms in total. The first-order valence-electron chi connectivity index (χ1n) is 9.14. The van der Waals surface area contributed by atoms with Gasteiger partial charge in [-0.15, -0.1) is 10.9 Å². The van der Waals surface area contributed by atoms with Gasteiger partial charge in [0.25, 0.3) is 0 Å². The van der Waals surface area contributed by atoms with E-state index in [1.54, 1.807) is 4.90 Å². The van der Waals surface area contributed by atoms with E-state index < -0.39 is 17.0 Å². The number of ether oxygens (including phenoxy) is 1. The molecule has 1 saturated heterocycles. The summed E-state index contributed by atoms with van der Waals surface area (Å²) in [4.78, 5) is 14.0. The monoisotopic (exact) mass is 372 g/mol. The van der Waals surface area contributed by atoms with E-state index in [9.17, 15) is 9.35 Å². The maximum absolute atomic E-state index is 12.9. The second kappa shape index (κ2) is 8.78. The number of hydrogen-bond donors (Lipinski definition) is 0. The zero-order valence-electron chi connectivity index (χ0n) is 17.0. The summed E-state index contributed by atoms with van der Waals surface area (Å²) in [5.74, 6) is 0.407. The minimum absolute atomic E-state index is 0.179. The van der Waals surface area contributed by atoms with Crippen LogP contribution in [0.3, 0.4) is 0 Å². The number of piperidine rings is 1. The van der Waals surface area contributed by atoms with Gasteiger partial charge in [0, 0.05) is 24.5 Å². The third kappa shape index (κ3) is 6.83. The molecule has 1 aliphatic rings. The summed E-state index contributed by atoms with van der Waals surface area (Å²) in [5.41, 5.74) is -0.467. The molecule has 0 aromatic rings. The van der Waals surface area contributed by atoms with Crippen LogP contribution in [0.15, 0.2) is 12.7 Å². The highest BCUT2D eigenvalue weighted by Crippen LogP contribution is 2.30. The van der Waals surface area contributed by atoms with Crippen LogP contribution < -0.4 is 0 Å². The fourth-order valence-corrected chi connectivity index (χ4v) is 4.41. The Kier molecular flexibility index (Phi) is 7.84. The zero-order chi connectivity index (χ0) is 19.4. The summed E-state index contributed by atoms with van der Waals surface area (Å²) >= 11 is -1.08. The van der Waals surface area contributed by atoms with Crippen molar-refractivity contribution in [1.29, 1.82) is 0 Å². The fraction of sp³-hybridized carbons (Fsp3) is 0.842. The first-order chi connectivity index (χ1) is 11.4. The van der Waals surface area contributed by atoms with Crippen LogP contribution in [0.5, 0.6) is 0 Å². The van der Waals surface area contributed by atoms with Crippen molar-refractivity contribution < 1.29 is 14.1 Å². The van der Waals surface area contributed by atoms with E-state index in [4.69, 9.17) is 4.74 Å². The molecule has 1 amide bonds. The van der Waals surface area contributed by atoms with E-state index in [-0.39, 0.29) is 16.9 Å². The minimum Gasteiger partial charge on any atom is -0.597 e. The summed E-state index contributed by atoms with van der Waals surface area (Å²) in [6.07, 6.45) is 3.38. The van der Waals surface area contributed by atoms with E-state index in [1.165, 1.54) is 0 Å². The second-order valence-corrected chi connectivity index (χ2v) is 11.0. The number of hydrogen-bond acceptors (Lipinski definition) is 4. The number of amides is 1. The van der Waals surface area contributed by atoms with Crippen molar-refractivity contribution in [2.24, 2.45) is 5.92 Å². The number of carbonyl (C=O) groups excluding carboxylic acids is 1. The largest absolute Gasteiger partial charge is 0.597 e. The average Bonchev–Trinajstić information content (AvgIpc) is 2.49. The smallest absolute Gasteiger partial charge is 0.410 e. The molecule has 1 aliphatic heterocycles. The predicted molar refractivity (Wildman–Crippen MR) is 105 cm³/mol. The van der Waals surface area contributed by atoms with Crippen LogP contribution in [0.1, 0.15) is 61.3 Å². The van der Waals surface area contributed by atoms with Crippen molar-refractivity contribution in [1.82, 2.24) is 9.21 Å². The summed E-state index contributed by atoms with van der Waals surface area (Å²) in [5, 5.41) is 0. The molecule has 1 rings (SSSR count). The van der Waals surface area contributed by atoms with Gasteiger partial charge in [-0.05, 0) is 67.2 Å². The minimum atomic E-state index is -1.08. The van der Waals surface area contributed by atoms with Crippen molar-refractivity contribution in [3.8, 4) is 0 Å². The summed E-state index contributed by atoms with van der Waals surface area (Å²) in [6.45, 7) is 19.6. The first-order valence-corrected chi connectivity index (χ1v) is 10.2. The Labute approximate surface area is 157 Å². The Bertz CT molecular complexity index is 449. The molecule has 0 saturated carbocycles. The Hall–Kier alpha value is -0.720. The van der Waals surface area contributed by atoms with Crippen molar-refractivity contribution >= 4 is 17.5 Å². The fourth-order valence-electron chi connectivity index (χ4n) is 2.99. The van der Waals surface area contributed by atoms with Gasteiger partial charge >= 0.3 is 6.09 Å². The van der Waals surface area contributed by atoms with E-state index in [2.05, 4.69) is 13.5 Å². The summed E-state index contributed by atoms with van der Waals surface area (Å²) in [7, 11) is 0. The Balaban J connectivity index is 2.67. The van der Waals surface area contributed by atoms with Crippen molar-refractivity contribution in [2.45, 2.75) is 77.7 Å². The van der Waals surface area contributed by atoms with Crippen LogP contribution in [0.2, 0.25) is 0 Å². The van der Waals surface area contributed by atoms with Gasteiger partial charge in [0.1, 0.15) is 10.3 Å². The molecular weight excluding hydrogens is 336 g/mol. The molecule has 6 heteroatoms. The quantitative estimate of drug-likeness (QED) is 0.541. The van der Waals surface area contributed by atoms with Crippen molar-refractivity contribution in [3.63, 3.8) is 0 Å². The summed E-state index contributed by atoms with van der Waals surface area (Å²) in [6, 6.07) is 0.179. The SMILES string of the molecule is C=CCN(C(C)C1CCN(C(=O)OC(C)(C)C)CC1)[S@@+]([O-])C(C)(C)C. The third-order valence-corrected chi connectivity index (χ3v) is 6.33. The molecule has 1 heterocycles. The molecule has 1 fully saturated rings. The van der Waals surface area contributed by atoms with Crippen LogP contribution in [0, 0.1) is 5.92 Å². The number of carbonyl (C=O) groups is 1. The molecular formula is C19H36N2O3S. The molecule has 0 aromatic heterocycles. The van der Waals surface area contributed by atoms with Crippen LogP contribution in [0.4, 0.5) is 4.79 Å². The second-order valence-electron chi connectivity index (χ2n) is 8.80. The van der Waals surface area contributed by atoms with Gasteiger partial charge < -0.3 is 14.2 Å². The Morgan fingerprint density at radius 2 is 1.84 bits per heavy atom. The molecule has 25 heavy (non-hydrogen) atoms. The maximum Gasteiger partial charge on any atom is 0.410 e. The van der Waals surface area contributed by atoms with E-state index >= 15 is 0 Å².